The number of amides is 1. The lowest BCUT2D eigenvalue weighted by Gasteiger charge is -2.11. The highest BCUT2D eigenvalue weighted by molar-refractivity contribution is 7.98. The number of carbonyl (C=O) groups is 2. The van der Waals surface area contributed by atoms with E-state index in [-0.39, 0.29) is 5.91 Å². The van der Waals surface area contributed by atoms with E-state index in [1.54, 1.807) is 36.0 Å². The summed E-state index contributed by atoms with van der Waals surface area (Å²) < 4.78 is 5.15. The van der Waals surface area contributed by atoms with E-state index in [0.29, 0.717) is 17.9 Å². The molecule has 0 heterocycles. The fourth-order valence-corrected chi connectivity index (χ4v) is 1.85. The summed E-state index contributed by atoms with van der Waals surface area (Å²) in [7, 11) is 0. The highest BCUT2D eigenvalue weighted by Crippen LogP contribution is 2.16. The summed E-state index contributed by atoms with van der Waals surface area (Å²) in [6, 6.07) is 5.95. The van der Waals surface area contributed by atoms with Gasteiger partial charge in [-0.25, -0.2) is 4.79 Å². The maximum Gasteiger partial charge on any atom is 0.328 e. The van der Waals surface area contributed by atoms with Gasteiger partial charge in [0.15, 0.2) is 0 Å². The average Bonchev–Trinajstić information content (AvgIpc) is 2.37. The minimum absolute atomic E-state index is 0.149. The van der Waals surface area contributed by atoms with Crippen LogP contribution in [-0.2, 0) is 9.59 Å². The van der Waals surface area contributed by atoms with Crippen molar-refractivity contribution in [2.45, 2.75) is 19.4 Å². The van der Waals surface area contributed by atoms with Gasteiger partial charge in [-0.2, -0.15) is 11.8 Å². The van der Waals surface area contributed by atoms with Gasteiger partial charge in [-0.05, 0) is 42.7 Å². The number of anilines is 1. The Morgan fingerprint density at radius 1 is 1.37 bits per heavy atom. The second-order valence-electron chi connectivity index (χ2n) is 4.01. The molecule has 6 heteroatoms. The van der Waals surface area contributed by atoms with Crippen LogP contribution < -0.4 is 15.8 Å². The molecule has 0 aromatic heterocycles. The lowest BCUT2D eigenvalue weighted by molar-refractivity contribution is -0.135. The predicted octanol–water partition coefficient (Wildman–Crippen LogP) is 1.63. The van der Waals surface area contributed by atoms with E-state index in [9.17, 15) is 9.59 Å². The maximum atomic E-state index is 11.7. The number of benzene rings is 1. The first kappa shape index (κ1) is 15.5. The van der Waals surface area contributed by atoms with E-state index in [1.807, 2.05) is 6.26 Å². The largest absolute Gasteiger partial charge is 0.425 e. The van der Waals surface area contributed by atoms with E-state index in [4.69, 9.17) is 10.5 Å². The lowest BCUT2D eigenvalue weighted by atomic mass is 10.2. The molecule has 0 aliphatic rings. The van der Waals surface area contributed by atoms with Crippen molar-refractivity contribution < 1.29 is 14.3 Å². The van der Waals surface area contributed by atoms with Crippen LogP contribution in [0.25, 0.3) is 0 Å². The smallest absolute Gasteiger partial charge is 0.328 e. The van der Waals surface area contributed by atoms with Crippen molar-refractivity contribution in [1.29, 1.82) is 0 Å². The van der Waals surface area contributed by atoms with Gasteiger partial charge in [-0.1, -0.05) is 0 Å². The van der Waals surface area contributed by atoms with Crippen LogP contribution >= 0.6 is 11.8 Å². The Morgan fingerprint density at radius 2 is 2.00 bits per heavy atom. The fraction of sp³-hybridized carbons (Fsp3) is 0.385. The van der Waals surface area contributed by atoms with Crippen LogP contribution in [0, 0.1) is 0 Å². The Morgan fingerprint density at radius 3 is 2.53 bits per heavy atom. The molecule has 19 heavy (non-hydrogen) atoms. The SMILES string of the molecule is CSCC[C@H](N)C(=O)Oc1ccc(NC(C)=O)cc1. The summed E-state index contributed by atoms with van der Waals surface area (Å²) in [5, 5.41) is 2.63. The molecule has 1 amide bonds. The third-order valence-electron chi connectivity index (χ3n) is 2.33. The van der Waals surface area contributed by atoms with Crippen molar-refractivity contribution in [2.75, 3.05) is 17.3 Å². The van der Waals surface area contributed by atoms with Gasteiger partial charge in [0, 0.05) is 12.6 Å². The highest BCUT2D eigenvalue weighted by Gasteiger charge is 2.15. The lowest BCUT2D eigenvalue weighted by Crippen LogP contribution is -2.34. The molecule has 0 spiro atoms. The Balaban J connectivity index is 2.52. The van der Waals surface area contributed by atoms with Gasteiger partial charge in [-0.15, -0.1) is 0 Å². The maximum absolute atomic E-state index is 11.7. The number of carbonyl (C=O) groups excluding carboxylic acids is 2. The van der Waals surface area contributed by atoms with Crippen molar-refractivity contribution in [3.63, 3.8) is 0 Å². The van der Waals surface area contributed by atoms with E-state index in [0.717, 1.165) is 5.75 Å². The van der Waals surface area contributed by atoms with Gasteiger partial charge in [0.2, 0.25) is 5.91 Å². The van der Waals surface area contributed by atoms with Crippen LogP contribution in [0.4, 0.5) is 5.69 Å². The molecule has 0 aliphatic heterocycles. The first-order valence-corrected chi connectivity index (χ1v) is 7.26. The molecular formula is C13H18N2O3S. The summed E-state index contributed by atoms with van der Waals surface area (Å²) in [6.45, 7) is 1.43. The Hall–Kier alpha value is -1.53. The fourth-order valence-electron chi connectivity index (χ4n) is 1.36. The molecule has 0 radical (unpaired) electrons. The summed E-state index contributed by atoms with van der Waals surface area (Å²) in [5.74, 6) is 0.640. The molecule has 0 unspecified atom stereocenters. The third-order valence-corrected chi connectivity index (χ3v) is 2.97. The monoisotopic (exact) mass is 282 g/mol. The van der Waals surface area contributed by atoms with Crippen LogP contribution in [0.3, 0.4) is 0 Å². The number of nitrogens with one attached hydrogen (secondary N) is 1. The number of thioether (sulfide) groups is 1. The predicted molar refractivity (Wildman–Crippen MR) is 77.4 cm³/mol. The van der Waals surface area contributed by atoms with Crippen LogP contribution in [0.2, 0.25) is 0 Å². The second kappa shape index (κ2) is 7.81. The molecule has 1 rings (SSSR count). The molecule has 104 valence electrons. The molecule has 1 aromatic rings. The quantitative estimate of drug-likeness (QED) is 0.612. The zero-order valence-electron chi connectivity index (χ0n) is 11.0. The number of hydrogen-bond acceptors (Lipinski definition) is 5. The van der Waals surface area contributed by atoms with Crippen molar-refractivity contribution in [3.05, 3.63) is 24.3 Å². The third kappa shape index (κ3) is 5.76. The Labute approximate surface area is 116 Å². The topological polar surface area (TPSA) is 81.4 Å². The first-order chi connectivity index (χ1) is 9.02. The number of ether oxygens (including phenoxy) is 1. The second-order valence-corrected chi connectivity index (χ2v) is 5.00. The highest BCUT2D eigenvalue weighted by atomic mass is 32.2. The van der Waals surface area contributed by atoms with Gasteiger partial charge >= 0.3 is 5.97 Å². The number of nitrogens with two attached hydrogens (primary N) is 1. The standard InChI is InChI=1S/C13H18N2O3S/c1-9(16)15-10-3-5-11(6-4-10)18-13(17)12(14)7-8-19-2/h3-6,12H,7-8,14H2,1-2H3,(H,15,16)/t12-/m0/s1. The molecule has 5 nitrogen and oxygen atoms in total. The van der Waals surface area contributed by atoms with Gasteiger partial charge in [-0.3, -0.25) is 4.79 Å². The zero-order valence-corrected chi connectivity index (χ0v) is 11.8. The van der Waals surface area contributed by atoms with E-state index in [2.05, 4.69) is 5.32 Å². The van der Waals surface area contributed by atoms with E-state index >= 15 is 0 Å². The minimum atomic E-state index is -0.609. The molecule has 0 saturated heterocycles. The Kier molecular flexibility index (Phi) is 6.38. The number of esters is 1. The first-order valence-electron chi connectivity index (χ1n) is 5.87. The molecule has 1 aromatic carbocycles. The molecule has 3 N–H and O–H groups in total. The van der Waals surface area contributed by atoms with Gasteiger partial charge < -0.3 is 15.8 Å². The average molecular weight is 282 g/mol. The van der Waals surface area contributed by atoms with Crippen LogP contribution in [0.1, 0.15) is 13.3 Å². The minimum Gasteiger partial charge on any atom is -0.425 e. The van der Waals surface area contributed by atoms with E-state index < -0.39 is 12.0 Å². The zero-order chi connectivity index (χ0) is 14.3. The van der Waals surface area contributed by atoms with E-state index in [1.165, 1.54) is 6.92 Å². The van der Waals surface area contributed by atoms with Crippen molar-refractivity contribution in [3.8, 4) is 5.75 Å². The molecule has 1 atom stereocenters. The van der Waals surface area contributed by atoms with Crippen molar-refractivity contribution in [2.24, 2.45) is 5.73 Å². The normalized spacial score (nSPS) is 11.7. The number of rotatable bonds is 6. The molecule has 0 fully saturated rings. The van der Waals surface area contributed by atoms with Gasteiger partial charge in [0.1, 0.15) is 11.8 Å². The van der Waals surface area contributed by atoms with Crippen LogP contribution in [0.5, 0.6) is 5.75 Å². The summed E-state index contributed by atoms with van der Waals surface area (Å²) in [6.07, 6.45) is 2.54. The molecule has 0 aliphatic carbocycles. The van der Waals surface area contributed by atoms with Crippen LogP contribution in [0.15, 0.2) is 24.3 Å². The van der Waals surface area contributed by atoms with Gasteiger partial charge in [0.25, 0.3) is 0 Å². The van der Waals surface area contributed by atoms with Crippen molar-refractivity contribution in [1.82, 2.24) is 0 Å². The summed E-state index contributed by atoms with van der Waals surface area (Å²) >= 11 is 1.63. The molecule has 0 bridgehead atoms. The molecule has 0 saturated carbocycles. The van der Waals surface area contributed by atoms with Crippen LogP contribution in [-0.4, -0.2) is 29.9 Å². The van der Waals surface area contributed by atoms with Gasteiger partial charge in [0.05, 0.1) is 0 Å². The summed E-state index contributed by atoms with van der Waals surface area (Å²) in [4.78, 5) is 22.5. The molecular weight excluding hydrogens is 264 g/mol. The van der Waals surface area contributed by atoms with Crippen molar-refractivity contribution >= 4 is 29.3 Å². The summed E-state index contributed by atoms with van der Waals surface area (Å²) in [5.41, 5.74) is 6.35. The number of hydrogen-bond donors (Lipinski definition) is 2. The Bertz CT molecular complexity index is 434.